The van der Waals surface area contributed by atoms with Crippen LogP contribution in [0.25, 0.3) is 0 Å². The van der Waals surface area contributed by atoms with Crippen LogP contribution in [0.1, 0.15) is 50.4 Å². The van der Waals surface area contributed by atoms with Crippen LogP contribution in [0.4, 0.5) is 0 Å². The van der Waals surface area contributed by atoms with Gasteiger partial charge in [0.1, 0.15) is 6.17 Å². The average Bonchev–Trinajstić information content (AvgIpc) is 3.07. The molecule has 2 fully saturated rings. The van der Waals surface area contributed by atoms with E-state index in [4.69, 9.17) is 0 Å². The molecule has 3 rings (SSSR count). The van der Waals surface area contributed by atoms with E-state index in [1.807, 2.05) is 0 Å². The molecular weight excluding hydrogens is 260 g/mol. The minimum absolute atomic E-state index is 0.00503. The minimum atomic E-state index is -0.00503. The molecule has 0 spiro atoms. The van der Waals surface area contributed by atoms with E-state index < -0.39 is 0 Å². The second-order valence-corrected chi connectivity index (χ2v) is 6.79. The molecule has 114 valence electrons. The molecule has 3 nitrogen and oxygen atoms in total. The van der Waals surface area contributed by atoms with E-state index in [1.165, 1.54) is 17.5 Å². The number of carbonyl (C=O) groups excluding carboxylic acids is 1. The standard InChI is InChI=1S/C18H26N2O/c1-4-6-16-18(21)20(11-15-10-13(15)3)17(19-16)14-8-5-7-12(2)9-14/h5,7-9,13,15-17,19H,4,6,10-11H2,1-3H3. The van der Waals surface area contributed by atoms with Crippen molar-refractivity contribution in [2.24, 2.45) is 11.8 Å². The molecule has 0 aromatic heterocycles. The summed E-state index contributed by atoms with van der Waals surface area (Å²) in [6.07, 6.45) is 3.29. The molecule has 1 saturated carbocycles. The monoisotopic (exact) mass is 286 g/mol. The summed E-state index contributed by atoms with van der Waals surface area (Å²) in [5, 5.41) is 3.56. The van der Waals surface area contributed by atoms with Gasteiger partial charge in [0.05, 0.1) is 6.04 Å². The number of carbonyl (C=O) groups is 1. The molecule has 4 unspecified atom stereocenters. The second kappa shape index (κ2) is 5.80. The van der Waals surface area contributed by atoms with Gasteiger partial charge in [-0.15, -0.1) is 0 Å². The van der Waals surface area contributed by atoms with Crippen molar-refractivity contribution in [3.05, 3.63) is 35.4 Å². The largest absolute Gasteiger partial charge is 0.321 e. The van der Waals surface area contributed by atoms with Crippen molar-refractivity contribution in [1.29, 1.82) is 0 Å². The number of hydrogen-bond donors (Lipinski definition) is 1. The van der Waals surface area contributed by atoms with Crippen molar-refractivity contribution < 1.29 is 4.79 Å². The molecule has 0 radical (unpaired) electrons. The molecule has 4 atom stereocenters. The lowest BCUT2D eigenvalue weighted by atomic mass is 10.1. The summed E-state index contributed by atoms with van der Waals surface area (Å²) >= 11 is 0. The van der Waals surface area contributed by atoms with Gasteiger partial charge in [0, 0.05) is 6.54 Å². The van der Waals surface area contributed by atoms with Gasteiger partial charge >= 0.3 is 0 Å². The lowest BCUT2D eigenvalue weighted by molar-refractivity contribution is -0.130. The molecule has 1 amide bonds. The van der Waals surface area contributed by atoms with Crippen LogP contribution in [0.15, 0.2) is 24.3 Å². The molecule has 21 heavy (non-hydrogen) atoms. The Morgan fingerprint density at radius 2 is 2.14 bits per heavy atom. The first-order valence-electron chi connectivity index (χ1n) is 8.23. The average molecular weight is 286 g/mol. The molecule has 0 bridgehead atoms. The first kappa shape index (κ1) is 14.6. The molecule has 1 N–H and O–H groups in total. The summed E-state index contributed by atoms with van der Waals surface area (Å²) in [5.41, 5.74) is 2.47. The van der Waals surface area contributed by atoms with Crippen molar-refractivity contribution in [3.63, 3.8) is 0 Å². The molecular formula is C18H26N2O. The molecule has 1 aliphatic carbocycles. The van der Waals surface area contributed by atoms with Crippen LogP contribution >= 0.6 is 0 Å². The quantitative estimate of drug-likeness (QED) is 0.901. The SMILES string of the molecule is CCCC1NC(c2cccc(C)c2)N(CC2CC2C)C1=O. The Bertz CT molecular complexity index is 528. The smallest absolute Gasteiger partial charge is 0.241 e. The minimum Gasteiger partial charge on any atom is -0.321 e. The number of nitrogens with one attached hydrogen (secondary N) is 1. The Balaban J connectivity index is 1.82. The van der Waals surface area contributed by atoms with E-state index >= 15 is 0 Å². The maximum Gasteiger partial charge on any atom is 0.241 e. The van der Waals surface area contributed by atoms with E-state index in [9.17, 15) is 4.79 Å². The summed E-state index contributed by atoms with van der Waals surface area (Å²) < 4.78 is 0. The predicted octanol–water partition coefficient (Wildman–Crippen LogP) is 3.25. The fourth-order valence-corrected chi connectivity index (χ4v) is 3.39. The Morgan fingerprint density at radius 1 is 1.38 bits per heavy atom. The van der Waals surface area contributed by atoms with Gasteiger partial charge in [-0.1, -0.05) is 50.1 Å². The summed E-state index contributed by atoms with van der Waals surface area (Å²) in [6, 6.07) is 8.52. The zero-order valence-electron chi connectivity index (χ0n) is 13.3. The topological polar surface area (TPSA) is 32.3 Å². The molecule has 1 aromatic rings. The van der Waals surface area contributed by atoms with E-state index in [0.29, 0.717) is 11.8 Å². The van der Waals surface area contributed by atoms with Crippen LogP contribution < -0.4 is 5.32 Å². The van der Waals surface area contributed by atoms with Crippen LogP contribution in [-0.4, -0.2) is 23.4 Å². The second-order valence-electron chi connectivity index (χ2n) is 6.79. The van der Waals surface area contributed by atoms with Gasteiger partial charge in [-0.05, 0) is 37.2 Å². The summed E-state index contributed by atoms with van der Waals surface area (Å²) in [6.45, 7) is 7.44. The molecule has 3 heteroatoms. The van der Waals surface area contributed by atoms with Gasteiger partial charge in [-0.3, -0.25) is 10.1 Å². The summed E-state index contributed by atoms with van der Waals surface area (Å²) in [7, 11) is 0. The van der Waals surface area contributed by atoms with Crippen LogP contribution in [0.3, 0.4) is 0 Å². The van der Waals surface area contributed by atoms with E-state index in [1.54, 1.807) is 0 Å². The molecule has 1 aliphatic heterocycles. The van der Waals surface area contributed by atoms with Crippen molar-refractivity contribution in [2.45, 2.75) is 52.2 Å². The van der Waals surface area contributed by atoms with Crippen molar-refractivity contribution in [3.8, 4) is 0 Å². The van der Waals surface area contributed by atoms with Gasteiger partial charge in [-0.25, -0.2) is 0 Å². The fraction of sp³-hybridized carbons (Fsp3) is 0.611. The first-order chi connectivity index (χ1) is 10.1. The zero-order valence-corrected chi connectivity index (χ0v) is 13.3. The Morgan fingerprint density at radius 3 is 2.76 bits per heavy atom. The fourth-order valence-electron chi connectivity index (χ4n) is 3.39. The summed E-state index contributed by atoms with van der Waals surface area (Å²) in [4.78, 5) is 14.8. The Kier molecular flexibility index (Phi) is 4.03. The van der Waals surface area contributed by atoms with Crippen molar-refractivity contribution in [1.82, 2.24) is 10.2 Å². The van der Waals surface area contributed by atoms with Crippen LogP contribution in [0, 0.1) is 18.8 Å². The number of amides is 1. The number of nitrogens with zero attached hydrogens (tertiary/aromatic N) is 1. The third-order valence-electron chi connectivity index (χ3n) is 4.89. The van der Waals surface area contributed by atoms with Crippen LogP contribution in [-0.2, 0) is 4.79 Å². The number of aryl methyl sites for hydroxylation is 1. The number of rotatable bonds is 5. The lowest BCUT2D eigenvalue weighted by Gasteiger charge is -2.25. The third kappa shape index (κ3) is 2.98. The highest BCUT2D eigenvalue weighted by atomic mass is 16.2. The zero-order chi connectivity index (χ0) is 15.0. The van der Waals surface area contributed by atoms with E-state index in [2.05, 4.69) is 55.3 Å². The van der Waals surface area contributed by atoms with Crippen molar-refractivity contribution in [2.75, 3.05) is 6.54 Å². The van der Waals surface area contributed by atoms with Crippen LogP contribution in [0.5, 0.6) is 0 Å². The van der Waals surface area contributed by atoms with E-state index in [0.717, 1.165) is 25.3 Å². The number of hydrogen-bond acceptors (Lipinski definition) is 2. The lowest BCUT2D eigenvalue weighted by Crippen LogP contribution is -2.33. The normalized spacial score (nSPS) is 31.8. The van der Waals surface area contributed by atoms with Gasteiger partial charge in [0.25, 0.3) is 0 Å². The third-order valence-corrected chi connectivity index (χ3v) is 4.89. The molecule has 2 aliphatic rings. The maximum atomic E-state index is 12.7. The molecule has 1 heterocycles. The molecule has 1 aromatic carbocycles. The van der Waals surface area contributed by atoms with Gasteiger partial charge in [0.2, 0.25) is 5.91 Å². The number of benzene rings is 1. The molecule has 1 saturated heterocycles. The predicted molar refractivity (Wildman–Crippen MR) is 84.7 cm³/mol. The first-order valence-corrected chi connectivity index (χ1v) is 8.23. The highest BCUT2D eigenvalue weighted by Gasteiger charge is 2.43. The van der Waals surface area contributed by atoms with Crippen molar-refractivity contribution >= 4 is 5.91 Å². The Labute approximate surface area is 127 Å². The van der Waals surface area contributed by atoms with Gasteiger partial charge in [0.15, 0.2) is 0 Å². The maximum absolute atomic E-state index is 12.7. The van der Waals surface area contributed by atoms with E-state index in [-0.39, 0.29) is 12.2 Å². The van der Waals surface area contributed by atoms with Crippen LogP contribution in [0.2, 0.25) is 0 Å². The van der Waals surface area contributed by atoms with Gasteiger partial charge in [-0.2, -0.15) is 0 Å². The van der Waals surface area contributed by atoms with Gasteiger partial charge < -0.3 is 4.90 Å². The highest BCUT2D eigenvalue weighted by molar-refractivity contribution is 5.84. The highest BCUT2D eigenvalue weighted by Crippen LogP contribution is 2.40. The Hall–Kier alpha value is -1.35. The summed E-state index contributed by atoms with van der Waals surface area (Å²) in [5.74, 6) is 1.77.